The van der Waals surface area contributed by atoms with Crippen LogP contribution in [0.3, 0.4) is 0 Å². The van der Waals surface area contributed by atoms with Crippen molar-refractivity contribution in [2.75, 3.05) is 7.05 Å². The summed E-state index contributed by atoms with van der Waals surface area (Å²) in [4.78, 5) is 0. The fraction of sp³-hybridized carbons (Fsp3) is 0.250. The van der Waals surface area contributed by atoms with E-state index >= 15 is 0 Å². The summed E-state index contributed by atoms with van der Waals surface area (Å²) in [5, 5.41) is 3.78. The Bertz CT molecular complexity index is 634. The van der Waals surface area contributed by atoms with Crippen LogP contribution in [0.5, 0.6) is 0 Å². The average Bonchev–Trinajstić information content (AvgIpc) is 2.45. The van der Waals surface area contributed by atoms with E-state index in [1.165, 1.54) is 6.07 Å². The van der Waals surface area contributed by atoms with E-state index in [2.05, 4.69) is 21.2 Å². The maximum Gasteiger partial charge on any atom is 0.162 e. The maximum absolute atomic E-state index is 13.7. The number of halogens is 4. The van der Waals surface area contributed by atoms with E-state index in [9.17, 15) is 8.78 Å². The second-order valence-corrected chi connectivity index (χ2v) is 6.17. The van der Waals surface area contributed by atoms with E-state index in [0.717, 1.165) is 16.1 Å². The topological polar surface area (TPSA) is 12.0 Å². The lowest BCUT2D eigenvalue weighted by atomic mass is 9.98. The summed E-state index contributed by atoms with van der Waals surface area (Å²) in [5.74, 6) is -1.59. The molecule has 0 aliphatic heterocycles. The van der Waals surface area contributed by atoms with Crippen LogP contribution in [0.4, 0.5) is 8.78 Å². The quantitative estimate of drug-likeness (QED) is 0.796. The summed E-state index contributed by atoms with van der Waals surface area (Å²) in [6.45, 7) is 0. The number of rotatable bonds is 5. The smallest absolute Gasteiger partial charge is 0.162 e. The van der Waals surface area contributed by atoms with Gasteiger partial charge in [0.2, 0.25) is 0 Å². The molecule has 0 amide bonds. The van der Waals surface area contributed by atoms with Gasteiger partial charge in [0.05, 0.1) is 0 Å². The second kappa shape index (κ2) is 7.34. The van der Waals surface area contributed by atoms with Gasteiger partial charge in [-0.15, -0.1) is 0 Å². The highest BCUT2D eigenvalue weighted by atomic mass is 79.9. The van der Waals surface area contributed by atoms with Crippen LogP contribution in [-0.4, -0.2) is 13.1 Å². The van der Waals surface area contributed by atoms with E-state index in [4.69, 9.17) is 11.6 Å². The summed E-state index contributed by atoms with van der Waals surface area (Å²) in [6, 6.07) is 9.89. The summed E-state index contributed by atoms with van der Waals surface area (Å²) in [7, 11) is 1.80. The first kappa shape index (κ1) is 16.4. The molecule has 0 saturated heterocycles. The van der Waals surface area contributed by atoms with Crippen LogP contribution in [0.15, 0.2) is 40.9 Å². The molecule has 1 unspecified atom stereocenters. The summed E-state index contributed by atoms with van der Waals surface area (Å²) in [5.41, 5.74) is 1.33. The van der Waals surface area contributed by atoms with Crippen molar-refractivity contribution < 1.29 is 8.78 Å². The van der Waals surface area contributed by atoms with Crippen molar-refractivity contribution in [3.8, 4) is 0 Å². The van der Waals surface area contributed by atoms with Gasteiger partial charge in [-0.3, -0.25) is 0 Å². The monoisotopic (exact) mass is 373 g/mol. The molecule has 21 heavy (non-hydrogen) atoms. The summed E-state index contributed by atoms with van der Waals surface area (Å²) in [6.07, 6.45) is 1.03. The van der Waals surface area contributed by atoms with Crippen LogP contribution in [0.2, 0.25) is 5.02 Å². The highest BCUT2D eigenvalue weighted by Crippen LogP contribution is 2.23. The van der Waals surface area contributed by atoms with Crippen LogP contribution >= 0.6 is 27.5 Å². The number of benzene rings is 2. The number of hydrogen-bond acceptors (Lipinski definition) is 1. The molecule has 0 radical (unpaired) electrons. The minimum Gasteiger partial charge on any atom is -0.316 e. The molecule has 0 spiro atoms. The third kappa shape index (κ3) is 4.25. The summed E-state index contributed by atoms with van der Waals surface area (Å²) >= 11 is 9.56. The molecule has 0 aromatic heterocycles. The molecule has 5 heteroatoms. The van der Waals surface area contributed by atoms with Crippen LogP contribution in [0.1, 0.15) is 11.1 Å². The third-order valence-electron chi connectivity index (χ3n) is 3.39. The summed E-state index contributed by atoms with van der Waals surface area (Å²) < 4.78 is 27.9. The molecule has 0 aliphatic carbocycles. The van der Waals surface area contributed by atoms with Crippen LogP contribution in [0, 0.1) is 11.6 Å². The lowest BCUT2D eigenvalue weighted by Crippen LogP contribution is -2.30. The van der Waals surface area contributed by atoms with Crippen molar-refractivity contribution in [2.24, 2.45) is 0 Å². The second-order valence-electron chi connectivity index (χ2n) is 4.84. The van der Waals surface area contributed by atoms with Gasteiger partial charge in [-0.25, -0.2) is 8.78 Å². The molecule has 112 valence electrons. The molecule has 2 rings (SSSR count). The minimum atomic E-state index is -0.816. The van der Waals surface area contributed by atoms with Gasteiger partial charge in [0.1, 0.15) is 0 Å². The van der Waals surface area contributed by atoms with Gasteiger partial charge in [-0.2, -0.15) is 0 Å². The van der Waals surface area contributed by atoms with Crippen molar-refractivity contribution in [1.82, 2.24) is 5.32 Å². The van der Waals surface area contributed by atoms with Crippen molar-refractivity contribution in [2.45, 2.75) is 18.9 Å². The third-order valence-corrected chi connectivity index (χ3v) is 4.23. The molecule has 2 aromatic carbocycles. The highest BCUT2D eigenvalue weighted by Gasteiger charge is 2.15. The predicted octanol–water partition coefficient (Wildman–Crippen LogP) is 4.75. The van der Waals surface area contributed by atoms with Gasteiger partial charge in [0.15, 0.2) is 11.6 Å². The lowest BCUT2D eigenvalue weighted by Gasteiger charge is -2.18. The molecule has 1 N–H and O–H groups in total. The van der Waals surface area contributed by atoms with Crippen molar-refractivity contribution in [3.63, 3.8) is 0 Å². The molecule has 0 heterocycles. The van der Waals surface area contributed by atoms with Crippen LogP contribution in [0.25, 0.3) is 0 Å². The van der Waals surface area contributed by atoms with Crippen LogP contribution < -0.4 is 5.32 Å². The Hall–Kier alpha value is -0.970. The number of hydrogen-bond donors (Lipinski definition) is 1. The molecular weight excluding hydrogens is 360 g/mol. The van der Waals surface area contributed by atoms with Gasteiger partial charge in [-0.1, -0.05) is 45.7 Å². The first-order valence-corrected chi connectivity index (χ1v) is 7.72. The van der Waals surface area contributed by atoms with Gasteiger partial charge in [0.25, 0.3) is 0 Å². The first-order valence-electron chi connectivity index (χ1n) is 6.55. The molecule has 0 bridgehead atoms. The van der Waals surface area contributed by atoms with Gasteiger partial charge in [0, 0.05) is 15.5 Å². The number of nitrogens with one attached hydrogen (secondary N) is 1. The predicted molar refractivity (Wildman–Crippen MR) is 85.8 cm³/mol. The van der Waals surface area contributed by atoms with E-state index < -0.39 is 11.6 Å². The Morgan fingerprint density at radius 2 is 1.86 bits per heavy atom. The number of likely N-dealkylation sites (N-methyl/N-ethyl adjacent to an activating group) is 1. The molecule has 2 aromatic rings. The zero-order valence-electron chi connectivity index (χ0n) is 11.5. The van der Waals surface area contributed by atoms with E-state index in [1.807, 2.05) is 18.2 Å². The Morgan fingerprint density at radius 1 is 1.14 bits per heavy atom. The molecular formula is C16H15BrClF2N. The highest BCUT2D eigenvalue weighted by molar-refractivity contribution is 9.10. The van der Waals surface area contributed by atoms with E-state index in [-0.39, 0.29) is 6.04 Å². The normalized spacial score (nSPS) is 12.4. The zero-order valence-corrected chi connectivity index (χ0v) is 13.8. The first-order chi connectivity index (χ1) is 10.0. The molecule has 1 atom stereocenters. The van der Waals surface area contributed by atoms with Gasteiger partial charge in [-0.05, 0) is 49.2 Å². The zero-order chi connectivity index (χ0) is 15.4. The van der Waals surface area contributed by atoms with E-state index in [0.29, 0.717) is 23.4 Å². The van der Waals surface area contributed by atoms with Crippen molar-refractivity contribution in [3.05, 3.63) is 68.7 Å². The van der Waals surface area contributed by atoms with Gasteiger partial charge >= 0.3 is 0 Å². The van der Waals surface area contributed by atoms with Crippen molar-refractivity contribution in [1.29, 1.82) is 0 Å². The Kier molecular flexibility index (Phi) is 5.73. The maximum atomic E-state index is 13.7. The fourth-order valence-electron chi connectivity index (χ4n) is 2.20. The average molecular weight is 375 g/mol. The molecule has 1 nitrogen and oxygen atoms in total. The Labute approximate surface area is 136 Å². The van der Waals surface area contributed by atoms with E-state index in [1.54, 1.807) is 13.1 Å². The van der Waals surface area contributed by atoms with Crippen LogP contribution in [-0.2, 0) is 12.8 Å². The fourth-order valence-corrected chi connectivity index (χ4v) is 2.95. The Morgan fingerprint density at radius 3 is 2.52 bits per heavy atom. The lowest BCUT2D eigenvalue weighted by molar-refractivity contribution is 0.482. The largest absolute Gasteiger partial charge is 0.316 e. The standard InChI is InChI=1S/C16H15BrClF2N/c1-21-13(7-10-5-6-12(17)9-14(10)18)8-11-3-2-4-15(19)16(11)20/h2-6,9,13,21H,7-8H2,1H3. The molecule has 0 saturated carbocycles. The molecule has 0 fully saturated rings. The minimum absolute atomic E-state index is 0.0278. The SMILES string of the molecule is CNC(Cc1ccc(Br)cc1Cl)Cc1cccc(F)c1F. The Balaban J connectivity index is 2.15. The molecule has 0 aliphatic rings. The van der Waals surface area contributed by atoms with Gasteiger partial charge < -0.3 is 5.32 Å². The van der Waals surface area contributed by atoms with Crippen molar-refractivity contribution >= 4 is 27.5 Å².